The number of halogens is 3. The number of aryl methyl sites for hydroxylation is 1. The Morgan fingerprint density at radius 3 is 2.50 bits per heavy atom. The van der Waals surface area contributed by atoms with Gasteiger partial charge in [-0.05, 0) is 42.8 Å². The van der Waals surface area contributed by atoms with Crippen molar-refractivity contribution >= 4 is 23.3 Å². The summed E-state index contributed by atoms with van der Waals surface area (Å²) in [6.07, 6.45) is -4.57. The lowest BCUT2D eigenvalue weighted by Crippen LogP contribution is -2.37. The van der Waals surface area contributed by atoms with Gasteiger partial charge < -0.3 is 24.4 Å². The number of carbonyl (C=O) groups excluding carboxylic acids is 2. The van der Waals surface area contributed by atoms with Crippen LogP contribution in [0.5, 0.6) is 5.75 Å². The van der Waals surface area contributed by atoms with Gasteiger partial charge in [0.2, 0.25) is 0 Å². The number of methoxy groups -OCH3 is 1. The number of esters is 1. The number of ether oxygens (including phenoxy) is 3. The van der Waals surface area contributed by atoms with Crippen molar-refractivity contribution in [2.75, 3.05) is 50.2 Å². The van der Waals surface area contributed by atoms with Crippen molar-refractivity contribution < 1.29 is 37.0 Å². The zero-order valence-corrected chi connectivity index (χ0v) is 17.6. The van der Waals surface area contributed by atoms with E-state index in [-0.39, 0.29) is 11.3 Å². The smallest absolute Gasteiger partial charge is 0.416 e. The van der Waals surface area contributed by atoms with Gasteiger partial charge in [-0.25, -0.2) is 4.79 Å². The Morgan fingerprint density at radius 2 is 1.84 bits per heavy atom. The van der Waals surface area contributed by atoms with Crippen LogP contribution in [0.2, 0.25) is 0 Å². The van der Waals surface area contributed by atoms with E-state index in [0.717, 1.165) is 17.7 Å². The molecular weight excluding hydrogens is 429 g/mol. The Kier molecular flexibility index (Phi) is 7.24. The zero-order valence-electron chi connectivity index (χ0n) is 17.6. The molecule has 1 N–H and O–H groups in total. The Bertz CT molecular complexity index is 988. The Labute approximate surface area is 183 Å². The first-order valence-electron chi connectivity index (χ1n) is 9.84. The third-order valence-corrected chi connectivity index (χ3v) is 4.93. The molecule has 1 heterocycles. The Hall–Kier alpha value is -3.27. The first-order chi connectivity index (χ1) is 15.2. The predicted octanol–water partition coefficient (Wildman–Crippen LogP) is 3.65. The van der Waals surface area contributed by atoms with Crippen LogP contribution in [-0.2, 0) is 20.4 Å². The second-order valence-electron chi connectivity index (χ2n) is 7.14. The molecule has 1 aliphatic heterocycles. The number of hydrogen-bond acceptors (Lipinski definition) is 6. The van der Waals surface area contributed by atoms with Gasteiger partial charge >= 0.3 is 12.1 Å². The summed E-state index contributed by atoms with van der Waals surface area (Å²) in [4.78, 5) is 26.5. The van der Waals surface area contributed by atoms with Crippen molar-refractivity contribution in [1.82, 2.24) is 0 Å². The molecule has 1 amide bonds. The maximum atomic E-state index is 13.2. The number of nitrogens with zero attached hydrogens (tertiary/aromatic N) is 1. The van der Waals surface area contributed by atoms with Crippen LogP contribution >= 0.6 is 0 Å². The molecule has 0 saturated carbocycles. The molecule has 0 unspecified atom stereocenters. The average Bonchev–Trinajstić information content (AvgIpc) is 2.77. The minimum absolute atomic E-state index is 0.0141. The van der Waals surface area contributed by atoms with Gasteiger partial charge in [0, 0.05) is 13.1 Å². The van der Waals surface area contributed by atoms with Crippen LogP contribution in [0.4, 0.5) is 24.5 Å². The van der Waals surface area contributed by atoms with Gasteiger partial charge in [-0.1, -0.05) is 6.07 Å². The Balaban J connectivity index is 1.72. The first-order valence-corrected chi connectivity index (χ1v) is 9.84. The van der Waals surface area contributed by atoms with Gasteiger partial charge in [-0.15, -0.1) is 0 Å². The number of rotatable bonds is 6. The highest BCUT2D eigenvalue weighted by Crippen LogP contribution is 2.35. The van der Waals surface area contributed by atoms with Crippen LogP contribution in [0.3, 0.4) is 0 Å². The molecule has 0 aromatic heterocycles. The molecule has 0 bridgehead atoms. The lowest BCUT2D eigenvalue weighted by Gasteiger charge is -2.31. The normalized spacial score (nSPS) is 14.1. The van der Waals surface area contributed by atoms with Gasteiger partial charge in [0.15, 0.2) is 6.61 Å². The molecule has 32 heavy (non-hydrogen) atoms. The molecule has 2 aromatic carbocycles. The number of benzene rings is 2. The molecule has 7 nitrogen and oxygen atoms in total. The van der Waals surface area contributed by atoms with E-state index in [1.165, 1.54) is 25.3 Å². The number of amides is 1. The van der Waals surface area contributed by atoms with Crippen LogP contribution in [0, 0.1) is 6.92 Å². The molecule has 1 aliphatic rings. The maximum absolute atomic E-state index is 13.2. The molecule has 10 heteroatoms. The monoisotopic (exact) mass is 452 g/mol. The van der Waals surface area contributed by atoms with E-state index >= 15 is 0 Å². The van der Waals surface area contributed by atoms with E-state index in [1.54, 1.807) is 6.07 Å². The topological polar surface area (TPSA) is 77.1 Å². The second-order valence-corrected chi connectivity index (χ2v) is 7.14. The van der Waals surface area contributed by atoms with Gasteiger partial charge in [0.05, 0.1) is 42.8 Å². The number of anilines is 2. The second kappa shape index (κ2) is 9.90. The van der Waals surface area contributed by atoms with Crippen molar-refractivity contribution in [2.45, 2.75) is 13.1 Å². The van der Waals surface area contributed by atoms with E-state index < -0.39 is 30.2 Å². The minimum atomic E-state index is -4.57. The van der Waals surface area contributed by atoms with Gasteiger partial charge in [-0.3, -0.25) is 4.79 Å². The Morgan fingerprint density at radius 1 is 1.12 bits per heavy atom. The fourth-order valence-corrected chi connectivity index (χ4v) is 3.24. The minimum Gasteiger partial charge on any atom is -0.496 e. The standard InChI is InChI=1S/C22H23F3N2O5/c1-14-3-4-15(11-19(14)30-2)21(29)32-13-20(28)26-17-12-16(22(23,24)25)5-6-18(17)27-7-9-31-10-8-27/h3-6,11-12H,7-10,13H2,1-2H3,(H,26,28). The predicted molar refractivity (Wildman–Crippen MR) is 111 cm³/mol. The van der Waals surface area contributed by atoms with Gasteiger partial charge in [0.25, 0.3) is 5.91 Å². The van der Waals surface area contributed by atoms with Crippen molar-refractivity contribution in [1.29, 1.82) is 0 Å². The summed E-state index contributed by atoms with van der Waals surface area (Å²) >= 11 is 0. The highest BCUT2D eigenvalue weighted by molar-refractivity contribution is 5.98. The molecule has 2 aromatic rings. The number of alkyl halides is 3. The molecule has 172 valence electrons. The lowest BCUT2D eigenvalue weighted by molar-refractivity contribution is -0.137. The quantitative estimate of drug-likeness (QED) is 0.675. The summed E-state index contributed by atoms with van der Waals surface area (Å²) in [5, 5.41) is 2.44. The summed E-state index contributed by atoms with van der Waals surface area (Å²) in [7, 11) is 1.46. The lowest BCUT2D eigenvalue weighted by atomic mass is 10.1. The molecule has 1 fully saturated rings. The highest BCUT2D eigenvalue weighted by atomic mass is 19.4. The first kappa shape index (κ1) is 23.4. The zero-order chi connectivity index (χ0) is 23.3. The molecule has 1 saturated heterocycles. The van der Waals surface area contributed by atoms with Crippen LogP contribution in [-0.4, -0.2) is 51.9 Å². The summed E-state index contributed by atoms with van der Waals surface area (Å²) in [5.41, 5.74) is 0.535. The third kappa shape index (κ3) is 5.70. The largest absolute Gasteiger partial charge is 0.496 e. The van der Waals surface area contributed by atoms with Crippen LogP contribution < -0.4 is 15.0 Å². The van der Waals surface area contributed by atoms with E-state index in [9.17, 15) is 22.8 Å². The SMILES string of the molecule is COc1cc(C(=O)OCC(=O)Nc2cc(C(F)(F)F)ccc2N2CCOCC2)ccc1C. The van der Waals surface area contributed by atoms with Gasteiger partial charge in [0.1, 0.15) is 5.75 Å². The van der Waals surface area contributed by atoms with Crippen molar-refractivity contribution in [3.63, 3.8) is 0 Å². The van der Waals surface area contributed by atoms with E-state index in [1.807, 2.05) is 11.8 Å². The number of morpholine rings is 1. The van der Waals surface area contributed by atoms with E-state index in [0.29, 0.717) is 37.7 Å². The molecule has 0 spiro atoms. The summed E-state index contributed by atoms with van der Waals surface area (Å²) < 4.78 is 55.0. The summed E-state index contributed by atoms with van der Waals surface area (Å²) in [6, 6.07) is 7.84. The van der Waals surface area contributed by atoms with Crippen molar-refractivity contribution in [3.05, 3.63) is 53.1 Å². The summed E-state index contributed by atoms with van der Waals surface area (Å²) in [5.74, 6) is -1.02. The fourth-order valence-electron chi connectivity index (χ4n) is 3.24. The van der Waals surface area contributed by atoms with Crippen molar-refractivity contribution in [3.8, 4) is 5.75 Å². The molecule has 0 radical (unpaired) electrons. The fraction of sp³-hybridized carbons (Fsp3) is 0.364. The summed E-state index contributed by atoms with van der Waals surface area (Å²) in [6.45, 7) is 2.94. The number of carbonyl (C=O) groups is 2. The van der Waals surface area contributed by atoms with Crippen LogP contribution in [0.25, 0.3) is 0 Å². The maximum Gasteiger partial charge on any atom is 0.416 e. The average molecular weight is 452 g/mol. The molecule has 0 aliphatic carbocycles. The van der Waals surface area contributed by atoms with Crippen LogP contribution in [0.1, 0.15) is 21.5 Å². The molecule has 0 atom stereocenters. The van der Waals surface area contributed by atoms with E-state index in [4.69, 9.17) is 14.2 Å². The molecule has 3 rings (SSSR count). The van der Waals surface area contributed by atoms with Crippen molar-refractivity contribution in [2.24, 2.45) is 0 Å². The third-order valence-electron chi connectivity index (χ3n) is 4.93. The van der Waals surface area contributed by atoms with E-state index in [2.05, 4.69) is 5.32 Å². The van der Waals surface area contributed by atoms with Gasteiger partial charge in [-0.2, -0.15) is 13.2 Å². The number of hydrogen-bond donors (Lipinski definition) is 1. The number of nitrogens with one attached hydrogen (secondary N) is 1. The van der Waals surface area contributed by atoms with Crippen LogP contribution in [0.15, 0.2) is 36.4 Å². The highest BCUT2D eigenvalue weighted by Gasteiger charge is 2.32. The molecular formula is C22H23F3N2O5.